The van der Waals surface area contributed by atoms with Crippen molar-refractivity contribution < 1.29 is 9.59 Å². The molecule has 2 aromatic rings. The van der Waals surface area contributed by atoms with Crippen molar-refractivity contribution in [1.82, 2.24) is 4.90 Å². The van der Waals surface area contributed by atoms with Gasteiger partial charge >= 0.3 is 0 Å². The number of nitrogens with one attached hydrogen (secondary N) is 1. The minimum atomic E-state index is -0.166. The number of amides is 2. The third kappa shape index (κ3) is 4.25. The Labute approximate surface area is 158 Å². The van der Waals surface area contributed by atoms with Gasteiger partial charge in [-0.05, 0) is 49.4 Å². The van der Waals surface area contributed by atoms with E-state index in [1.165, 1.54) is 11.3 Å². The molecule has 0 saturated carbocycles. The van der Waals surface area contributed by atoms with Gasteiger partial charge in [-0.15, -0.1) is 11.3 Å². The first-order valence-corrected chi connectivity index (χ1v) is 9.91. The Morgan fingerprint density at radius 3 is 2.88 bits per heavy atom. The van der Waals surface area contributed by atoms with Crippen LogP contribution < -0.4 is 10.2 Å². The van der Waals surface area contributed by atoms with Gasteiger partial charge in [0.15, 0.2) is 0 Å². The molecule has 5 nitrogen and oxygen atoms in total. The summed E-state index contributed by atoms with van der Waals surface area (Å²) in [6.45, 7) is 4.20. The van der Waals surface area contributed by atoms with Crippen molar-refractivity contribution in [3.8, 4) is 0 Å². The lowest BCUT2D eigenvalue weighted by atomic mass is 9.97. The van der Waals surface area contributed by atoms with Crippen LogP contribution in [-0.2, 0) is 4.79 Å². The van der Waals surface area contributed by atoms with Crippen LogP contribution in [0.25, 0.3) is 0 Å². The largest absolute Gasteiger partial charge is 0.375 e. The van der Waals surface area contributed by atoms with Crippen molar-refractivity contribution in [3.05, 3.63) is 46.7 Å². The van der Waals surface area contributed by atoms with Gasteiger partial charge in [-0.1, -0.05) is 12.1 Å². The SMILES string of the molecule is CCN(C)c1cccc(NC(=O)C2CCCN(C(=O)c3cccs3)C2)c1. The van der Waals surface area contributed by atoms with Gasteiger partial charge in [0.05, 0.1) is 10.8 Å². The van der Waals surface area contributed by atoms with Crippen molar-refractivity contribution in [3.63, 3.8) is 0 Å². The van der Waals surface area contributed by atoms with Crippen molar-refractivity contribution in [2.75, 3.05) is 36.9 Å². The molecule has 3 rings (SSSR count). The third-order valence-corrected chi connectivity index (χ3v) is 5.70. The molecule has 1 atom stereocenters. The number of piperidine rings is 1. The fourth-order valence-electron chi connectivity index (χ4n) is 3.18. The van der Waals surface area contributed by atoms with Crippen LogP contribution in [0, 0.1) is 5.92 Å². The number of benzene rings is 1. The molecule has 26 heavy (non-hydrogen) atoms. The average Bonchev–Trinajstić information content (AvgIpc) is 3.22. The fraction of sp³-hybridized carbons (Fsp3) is 0.400. The minimum Gasteiger partial charge on any atom is -0.375 e. The van der Waals surface area contributed by atoms with Gasteiger partial charge in [0.1, 0.15) is 0 Å². The highest BCUT2D eigenvalue weighted by Crippen LogP contribution is 2.23. The number of carbonyl (C=O) groups excluding carboxylic acids is 2. The van der Waals surface area contributed by atoms with E-state index in [2.05, 4.69) is 17.1 Å². The molecule has 1 unspecified atom stereocenters. The maximum Gasteiger partial charge on any atom is 0.263 e. The van der Waals surface area contributed by atoms with Gasteiger partial charge in [-0.25, -0.2) is 0 Å². The Balaban J connectivity index is 1.63. The first kappa shape index (κ1) is 18.5. The first-order chi connectivity index (χ1) is 12.6. The quantitative estimate of drug-likeness (QED) is 0.872. The summed E-state index contributed by atoms with van der Waals surface area (Å²) in [7, 11) is 2.02. The molecule has 6 heteroatoms. The molecule has 1 saturated heterocycles. The highest BCUT2D eigenvalue weighted by Gasteiger charge is 2.29. The van der Waals surface area contributed by atoms with E-state index in [0.29, 0.717) is 6.54 Å². The molecule has 2 amide bonds. The number of thiophene rings is 1. The third-order valence-electron chi connectivity index (χ3n) is 4.84. The Bertz CT molecular complexity index is 760. The van der Waals surface area contributed by atoms with Crippen LogP contribution in [0.5, 0.6) is 0 Å². The van der Waals surface area contributed by atoms with Crippen LogP contribution in [0.2, 0.25) is 0 Å². The van der Waals surface area contributed by atoms with Crippen molar-refractivity contribution in [1.29, 1.82) is 0 Å². The molecule has 1 fully saturated rings. The lowest BCUT2D eigenvalue weighted by Crippen LogP contribution is -2.43. The number of rotatable bonds is 5. The standard InChI is InChI=1S/C20H25N3O2S/c1-3-22(2)17-9-4-8-16(13-17)21-19(24)15-7-5-11-23(14-15)20(25)18-10-6-12-26-18/h4,6,8-10,12-13,15H,3,5,7,11,14H2,1-2H3,(H,21,24). The summed E-state index contributed by atoms with van der Waals surface area (Å²) in [5.41, 5.74) is 1.87. The monoisotopic (exact) mass is 371 g/mol. The van der Waals surface area contributed by atoms with Crippen LogP contribution in [0.15, 0.2) is 41.8 Å². The lowest BCUT2D eigenvalue weighted by Gasteiger charge is -2.31. The molecule has 0 radical (unpaired) electrons. The summed E-state index contributed by atoms with van der Waals surface area (Å²) >= 11 is 1.45. The predicted molar refractivity (Wildman–Crippen MR) is 107 cm³/mol. The molecular weight excluding hydrogens is 346 g/mol. The second kappa shape index (κ2) is 8.36. The Morgan fingerprint density at radius 1 is 1.31 bits per heavy atom. The summed E-state index contributed by atoms with van der Waals surface area (Å²) < 4.78 is 0. The van der Waals surface area contributed by atoms with E-state index in [-0.39, 0.29) is 17.7 Å². The second-order valence-corrected chi connectivity index (χ2v) is 7.57. The second-order valence-electron chi connectivity index (χ2n) is 6.62. The average molecular weight is 372 g/mol. The molecule has 1 aliphatic heterocycles. The van der Waals surface area contributed by atoms with Gasteiger partial charge in [0.25, 0.3) is 5.91 Å². The lowest BCUT2D eigenvalue weighted by molar-refractivity contribution is -0.121. The molecule has 0 aliphatic carbocycles. The number of carbonyl (C=O) groups is 2. The van der Waals surface area contributed by atoms with Crippen LogP contribution in [-0.4, -0.2) is 43.4 Å². The van der Waals surface area contributed by atoms with Crippen LogP contribution >= 0.6 is 11.3 Å². The zero-order valence-electron chi connectivity index (χ0n) is 15.3. The fourth-order valence-corrected chi connectivity index (χ4v) is 3.87. The van der Waals surface area contributed by atoms with Gasteiger partial charge < -0.3 is 15.1 Å². The molecule has 1 aromatic heterocycles. The summed E-state index contributed by atoms with van der Waals surface area (Å²) in [4.78, 5) is 29.9. The van der Waals surface area contributed by atoms with Gasteiger partial charge in [0.2, 0.25) is 5.91 Å². The van der Waals surface area contributed by atoms with E-state index in [4.69, 9.17) is 0 Å². The molecule has 0 bridgehead atoms. The summed E-state index contributed by atoms with van der Waals surface area (Å²) in [5.74, 6) is -0.144. The van der Waals surface area contributed by atoms with E-state index in [0.717, 1.165) is 42.2 Å². The Morgan fingerprint density at radius 2 is 2.15 bits per heavy atom. The van der Waals surface area contributed by atoms with E-state index >= 15 is 0 Å². The minimum absolute atomic E-state index is 0.00928. The van der Waals surface area contributed by atoms with Crippen LogP contribution in [0.1, 0.15) is 29.4 Å². The first-order valence-electron chi connectivity index (χ1n) is 9.03. The summed E-state index contributed by atoms with van der Waals surface area (Å²) in [5, 5.41) is 4.93. The van der Waals surface area contributed by atoms with Gasteiger partial charge in [-0.3, -0.25) is 9.59 Å². The highest BCUT2D eigenvalue weighted by atomic mass is 32.1. The van der Waals surface area contributed by atoms with E-state index in [9.17, 15) is 9.59 Å². The van der Waals surface area contributed by atoms with Crippen LogP contribution in [0.4, 0.5) is 11.4 Å². The zero-order chi connectivity index (χ0) is 18.5. The van der Waals surface area contributed by atoms with Gasteiger partial charge in [-0.2, -0.15) is 0 Å². The summed E-state index contributed by atoms with van der Waals surface area (Å²) in [6.07, 6.45) is 1.67. The predicted octanol–water partition coefficient (Wildman–Crippen LogP) is 3.70. The maximum atomic E-state index is 12.7. The number of hydrogen-bond acceptors (Lipinski definition) is 4. The van der Waals surface area contributed by atoms with E-state index in [1.807, 2.05) is 48.8 Å². The topological polar surface area (TPSA) is 52.7 Å². The molecule has 1 aromatic carbocycles. The number of likely N-dealkylation sites (tertiary alicyclic amines) is 1. The van der Waals surface area contributed by atoms with Crippen molar-refractivity contribution >= 4 is 34.5 Å². The molecular formula is C20H25N3O2S. The molecule has 0 spiro atoms. The summed E-state index contributed by atoms with van der Waals surface area (Å²) in [6, 6.07) is 11.6. The smallest absolute Gasteiger partial charge is 0.263 e. The molecule has 1 aliphatic rings. The maximum absolute atomic E-state index is 12.7. The van der Waals surface area contributed by atoms with E-state index < -0.39 is 0 Å². The Kier molecular flexibility index (Phi) is 5.93. The number of nitrogens with zero attached hydrogens (tertiary/aromatic N) is 2. The van der Waals surface area contributed by atoms with Crippen LogP contribution in [0.3, 0.4) is 0 Å². The van der Waals surface area contributed by atoms with Gasteiger partial charge in [0, 0.05) is 38.1 Å². The highest BCUT2D eigenvalue weighted by molar-refractivity contribution is 7.12. The van der Waals surface area contributed by atoms with E-state index in [1.54, 1.807) is 4.90 Å². The van der Waals surface area contributed by atoms with Crippen molar-refractivity contribution in [2.24, 2.45) is 5.92 Å². The zero-order valence-corrected chi connectivity index (χ0v) is 16.1. The normalized spacial score (nSPS) is 17.0. The Hall–Kier alpha value is -2.34. The molecule has 1 N–H and O–H groups in total. The number of hydrogen-bond donors (Lipinski definition) is 1. The molecule has 138 valence electrons. The number of anilines is 2. The van der Waals surface area contributed by atoms with Crippen molar-refractivity contribution in [2.45, 2.75) is 19.8 Å². The molecule has 2 heterocycles.